The molecule has 5 nitrogen and oxygen atoms in total. The van der Waals surface area contributed by atoms with E-state index in [4.69, 9.17) is 20.3 Å². The molecule has 0 amide bonds. The Morgan fingerprint density at radius 1 is 1.37 bits per heavy atom. The van der Waals surface area contributed by atoms with Crippen molar-refractivity contribution >= 4 is 5.97 Å². The van der Waals surface area contributed by atoms with E-state index in [0.717, 1.165) is 25.7 Å². The van der Waals surface area contributed by atoms with Gasteiger partial charge in [0.2, 0.25) is 0 Å². The molecule has 104 valence electrons. The summed E-state index contributed by atoms with van der Waals surface area (Å²) in [5, 5.41) is 9.00. The third-order valence-electron chi connectivity index (χ3n) is 3.37. The van der Waals surface area contributed by atoms with Crippen molar-refractivity contribution in [1.29, 1.82) is 0 Å². The number of carboxylic acid groups (broad SMARTS) is 1. The standard InChI is InChI=1S/C14H19NO4/c1-18-12-6-5-9(14(16)17)7-13(12)19-11-4-2-3-10(15)8-11/h5-7,10-11H,2-4,8,15H2,1H3,(H,16,17). The van der Waals surface area contributed by atoms with Crippen molar-refractivity contribution in [2.45, 2.75) is 37.8 Å². The van der Waals surface area contributed by atoms with E-state index in [-0.39, 0.29) is 17.7 Å². The summed E-state index contributed by atoms with van der Waals surface area (Å²) in [6.45, 7) is 0. The van der Waals surface area contributed by atoms with Crippen LogP contribution in [0.4, 0.5) is 0 Å². The molecular formula is C14H19NO4. The van der Waals surface area contributed by atoms with Gasteiger partial charge in [-0.15, -0.1) is 0 Å². The van der Waals surface area contributed by atoms with E-state index in [2.05, 4.69) is 0 Å². The molecule has 2 atom stereocenters. The average molecular weight is 265 g/mol. The summed E-state index contributed by atoms with van der Waals surface area (Å²) in [6.07, 6.45) is 3.81. The van der Waals surface area contributed by atoms with Crippen molar-refractivity contribution in [3.63, 3.8) is 0 Å². The Morgan fingerprint density at radius 3 is 2.79 bits per heavy atom. The SMILES string of the molecule is COc1ccc(C(=O)O)cc1OC1CCCC(N)C1. The van der Waals surface area contributed by atoms with Gasteiger partial charge in [-0.3, -0.25) is 0 Å². The zero-order valence-corrected chi connectivity index (χ0v) is 11.0. The van der Waals surface area contributed by atoms with Gasteiger partial charge in [0.05, 0.1) is 12.7 Å². The highest BCUT2D eigenvalue weighted by Crippen LogP contribution is 2.31. The van der Waals surface area contributed by atoms with Crippen LogP contribution in [0.25, 0.3) is 0 Å². The molecule has 0 heterocycles. The topological polar surface area (TPSA) is 81.8 Å². The average Bonchev–Trinajstić information content (AvgIpc) is 2.38. The van der Waals surface area contributed by atoms with Crippen LogP contribution in [0.1, 0.15) is 36.0 Å². The first kappa shape index (κ1) is 13.7. The van der Waals surface area contributed by atoms with Gasteiger partial charge < -0.3 is 20.3 Å². The number of ether oxygens (including phenoxy) is 2. The fourth-order valence-corrected chi connectivity index (χ4v) is 2.37. The molecule has 5 heteroatoms. The number of hydrogen-bond donors (Lipinski definition) is 2. The summed E-state index contributed by atoms with van der Waals surface area (Å²) in [4.78, 5) is 11.0. The zero-order valence-electron chi connectivity index (χ0n) is 11.0. The van der Waals surface area contributed by atoms with Gasteiger partial charge in [-0.25, -0.2) is 4.79 Å². The van der Waals surface area contributed by atoms with Crippen molar-refractivity contribution in [3.05, 3.63) is 23.8 Å². The largest absolute Gasteiger partial charge is 0.493 e. The molecule has 1 aromatic rings. The van der Waals surface area contributed by atoms with Crippen LogP contribution >= 0.6 is 0 Å². The van der Waals surface area contributed by atoms with Crippen LogP contribution in [0, 0.1) is 0 Å². The Morgan fingerprint density at radius 2 is 2.16 bits per heavy atom. The maximum absolute atomic E-state index is 11.0. The van der Waals surface area contributed by atoms with Crippen molar-refractivity contribution < 1.29 is 19.4 Å². The van der Waals surface area contributed by atoms with Gasteiger partial charge in [0, 0.05) is 6.04 Å². The zero-order chi connectivity index (χ0) is 13.8. The smallest absolute Gasteiger partial charge is 0.335 e. The predicted octanol–water partition coefficient (Wildman–Crippen LogP) is 2.04. The first-order chi connectivity index (χ1) is 9.10. The van der Waals surface area contributed by atoms with Crippen LogP contribution in [-0.4, -0.2) is 30.3 Å². The molecule has 0 radical (unpaired) electrons. The van der Waals surface area contributed by atoms with Gasteiger partial charge in [0.15, 0.2) is 11.5 Å². The molecular weight excluding hydrogens is 246 g/mol. The summed E-state index contributed by atoms with van der Waals surface area (Å²) in [7, 11) is 1.54. The second-order valence-electron chi connectivity index (χ2n) is 4.84. The molecule has 0 saturated heterocycles. The fourth-order valence-electron chi connectivity index (χ4n) is 2.37. The van der Waals surface area contributed by atoms with Gasteiger partial charge in [-0.1, -0.05) is 0 Å². The third kappa shape index (κ3) is 3.38. The molecule has 0 aromatic heterocycles. The number of methoxy groups -OCH3 is 1. The van der Waals surface area contributed by atoms with Gasteiger partial charge >= 0.3 is 5.97 Å². The number of aromatic carboxylic acids is 1. The molecule has 0 bridgehead atoms. The lowest BCUT2D eigenvalue weighted by Crippen LogP contribution is -2.33. The van der Waals surface area contributed by atoms with Gasteiger partial charge in [-0.2, -0.15) is 0 Å². The van der Waals surface area contributed by atoms with Gasteiger partial charge in [0.25, 0.3) is 0 Å². The quantitative estimate of drug-likeness (QED) is 0.870. The van der Waals surface area contributed by atoms with E-state index < -0.39 is 5.97 Å². The lowest BCUT2D eigenvalue weighted by molar-refractivity contribution is 0.0695. The first-order valence-corrected chi connectivity index (χ1v) is 6.43. The molecule has 0 aliphatic heterocycles. The lowest BCUT2D eigenvalue weighted by Gasteiger charge is -2.27. The van der Waals surface area contributed by atoms with Crippen LogP contribution in [-0.2, 0) is 0 Å². The lowest BCUT2D eigenvalue weighted by atomic mass is 9.93. The normalized spacial score (nSPS) is 22.8. The van der Waals surface area contributed by atoms with E-state index in [1.54, 1.807) is 6.07 Å². The minimum absolute atomic E-state index is 0.0293. The molecule has 1 aromatic carbocycles. The maximum atomic E-state index is 11.0. The summed E-state index contributed by atoms with van der Waals surface area (Å²) in [5.74, 6) is 0.0403. The Kier molecular flexibility index (Phi) is 4.27. The molecule has 1 saturated carbocycles. The van der Waals surface area contributed by atoms with Crippen molar-refractivity contribution in [2.24, 2.45) is 5.73 Å². The Labute approximate surface area is 112 Å². The Hall–Kier alpha value is -1.75. The molecule has 2 rings (SSSR count). The van der Waals surface area contributed by atoms with Crippen LogP contribution in [0.15, 0.2) is 18.2 Å². The number of nitrogens with two attached hydrogens (primary N) is 1. The Bertz CT molecular complexity index is 461. The van der Waals surface area contributed by atoms with Crippen molar-refractivity contribution in [3.8, 4) is 11.5 Å². The van der Waals surface area contributed by atoms with E-state index in [1.165, 1.54) is 19.2 Å². The highest BCUT2D eigenvalue weighted by atomic mass is 16.5. The minimum atomic E-state index is -0.979. The molecule has 0 spiro atoms. The Balaban J connectivity index is 2.17. The highest BCUT2D eigenvalue weighted by molar-refractivity contribution is 5.88. The monoisotopic (exact) mass is 265 g/mol. The number of hydrogen-bond acceptors (Lipinski definition) is 4. The van der Waals surface area contributed by atoms with Crippen molar-refractivity contribution in [1.82, 2.24) is 0 Å². The third-order valence-corrected chi connectivity index (χ3v) is 3.37. The summed E-state index contributed by atoms with van der Waals surface area (Å²) >= 11 is 0. The maximum Gasteiger partial charge on any atom is 0.335 e. The van der Waals surface area contributed by atoms with Crippen LogP contribution in [0.2, 0.25) is 0 Å². The van der Waals surface area contributed by atoms with Crippen LogP contribution in [0.5, 0.6) is 11.5 Å². The van der Waals surface area contributed by atoms with E-state index in [1.807, 2.05) is 0 Å². The van der Waals surface area contributed by atoms with Gasteiger partial charge in [-0.05, 0) is 43.9 Å². The number of carboxylic acids is 1. The molecule has 1 aliphatic rings. The van der Waals surface area contributed by atoms with E-state index in [0.29, 0.717) is 11.5 Å². The predicted molar refractivity (Wildman–Crippen MR) is 70.8 cm³/mol. The molecule has 2 unspecified atom stereocenters. The van der Waals surface area contributed by atoms with E-state index in [9.17, 15) is 4.79 Å². The second-order valence-corrected chi connectivity index (χ2v) is 4.84. The van der Waals surface area contributed by atoms with E-state index >= 15 is 0 Å². The van der Waals surface area contributed by atoms with Crippen LogP contribution in [0.3, 0.4) is 0 Å². The molecule has 1 fully saturated rings. The van der Waals surface area contributed by atoms with Crippen LogP contribution < -0.4 is 15.2 Å². The number of rotatable bonds is 4. The second kappa shape index (κ2) is 5.93. The summed E-state index contributed by atoms with van der Waals surface area (Å²) in [6, 6.07) is 4.77. The molecule has 19 heavy (non-hydrogen) atoms. The summed E-state index contributed by atoms with van der Waals surface area (Å²) < 4.78 is 11.1. The fraction of sp³-hybridized carbons (Fsp3) is 0.500. The van der Waals surface area contributed by atoms with Gasteiger partial charge in [0.1, 0.15) is 6.10 Å². The summed E-state index contributed by atoms with van der Waals surface area (Å²) in [5.41, 5.74) is 6.11. The minimum Gasteiger partial charge on any atom is -0.493 e. The molecule has 3 N–H and O–H groups in total. The van der Waals surface area contributed by atoms with Crippen molar-refractivity contribution in [2.75, 3.05) is 7.11 Å². The first-order valence-electron chi connectivity index (χ1n) is 6.43. The number of carbonyl (C=O) groups is 1. The highest BCUT2D eigenvalue weighted by Gasteiger charge is 2.22. The molecule has 1 aliphatic carbocycles. The number of benzene rings is 1.